The molecule has 0 unspecified atom stereocenters. The highest BCUT2D eigenvalue weighted by Gasteiger charge is 2.51. The average molecular weight is 412 g/mol. The van der Waals surface area contributed by atoms with Crippen molar-refractivity contribution in [1.29, 1.82) is 0 Å². The van der Waals surface area contributed by atoms with Crippen molar-refractivity contribution in [3.8, 4) is 11.5 Å². The third-order valence-corrected chi connectivity index (χ3v) is 5.36. The van der Waals surface area contributed by atoms with E-state index in [4.69, 9.17) is 18.8 Å². The maximum absolute atomic E-state index is 12.2. The predicted molar refractivity (Wildman–Crippen MR) is 111 cm³/mol. The van der Waals surface area contributed by atoms with E-state index in [-0.39, 0.29) is 22.9 Å². The summed E-state index contributed by atoms with van der Waals surface area (Å²) < 4.78 is 22.9. The van der Waals surface area contributed by atoms with Crippen LogP contribution in [0.4, 0.5) is 0 Å². The fourth-order valence-corrected chi connectivity index (χ4v) is 2.86. The number of aromatic nitrogens is 1. The first-order chi connectivity index (χ1) is 14.1. The molecule has 0 spiro atoms. The van der Waals surface area contributed by atoms with Crippen molar-refractivity contribution in [1.82, 2.24) is 10.3 Å². The number of nitrogens with one attached hydrogen (secondary N) is 1. The number of esters is 1. The Morgan fingerprint density at radius 1 is 1.07 bits per heavy atom. The number of carbonyl (C=O) groups excluding carboxylic acids is 2. The van der Waals surface area contributed by atoms with E-state index < -0.39 is 24.3 Å². The molecule has 1 aromatic heterocycles. The van der Waals surface area contributed by atoms with Gasteiger partial charge in [0.15, 0.2) is 0 Å². The first-order valence-electron chi connectivity index (χ1n) is 9.52. The van der Waals surface area contributed by atoms with Crippen LogP contribution in [-0.4, -0.2) is 49.3 Å². The zero-order valence-electron chi connectivity index (χ0n) is 17.9. The summed E-state index contributed by atoms with van der Waals surface area (Å²) in [5, 5.41) is 2.50. The van der Waals surface area contributed by atoms with Crippen LogP contribution in [0.1, 0.15) is 48.5 Å². The third-order valence-electron chi connectivity index (χ3n) is 5.36. The lowest BCUT2D eigenvalue weighted by molar-refractivity contribution is 0.00578. The van der Waals surface area contributed by atoms with Gasteiger partial charge >= 0.3 is 13.1 Å². The average Bonchev–Trinajstić information content (AvgIpc) is 2.94. The third kappa shape index (κ3) is 4.17. The summed E-state index contributed by atoms with van der Waals surface area (Å²) in [7, 11) is 2.21. The van der Waals surface area contributed by atoms with Gasteiger partial charge in [0, 0.05) is 7.05 Å². The minimum absolute atomic E-state index is 0.244. The van der Waals surface area contributed by atoms with Crippen LogP contribution in [-0.2, 0) is 14.0 Å². The summed E-state index contributed by atoms with van der Waals surface area (Å²) in [6.07, 6.45) is 1.41. The van der Waals surface area contributed by atoms with Crippen LogP contribution >= 0.6 is 0 Å². The van der Waals surface area contributed by atoms with Crippen LogP contribution in [0.25, 0.3) is 0 Å². The van der Waals surface area contributed by atoms with Gasteiger partial charge in [0.2, 0.25) is 0 Å². The summed E-state index contributed by atoms with van der Waals surface area (Å²) in [5.74, 6) is -0.220. The molecule has 9 heteroatoms. The summed E-state index contributed by atoms with van der Waals surface area (Å²) in [6.45, 7) is 7.86. The Morgan fingerprint density at radius 3 is 2.27 bits per heavy atom. The molecular weight excluding hydrogens is 387 g/mol. The highest BCUT2D eigenvalue weighted by Crippen LogP contribution is 2.37. The Bertz CT molecular complexity index is 942. The molecule has 1 aliphatic rings. The lowest BCUT2D eigenvalue weighted by Gasteiger charge is -2.32. The Hall–Kier alpha value is -2.91. The molecule has 158 valence electrons. The zero-order valence-corrected chi connectivity index (χ0v) is 17.9. The van der Waals surface area contributed by atoms with Crippen molar-refractivity contribution in [2.75, 3.05) is 14.2 Å². The smallest absolute Gasteiger partial charge is 0.465 e. The van der Waals surface area contributed by atoms with Crippen molar-refractivity contribution < 1.29 is 28.4 Å². The van der Waals surface area contributed by atoms with Crippen molar-refractivity contribution >= 4 is 24.5 Å². The van der Waals surface area contributed by atoms with E-state index in [0.29, 0.717) is 11.2 Å². The fourth-order valence-electron chi connectivity index (χ4n) is 2.86. The molecule has 1 saturated heterocycles. The number of carbonyl (C=O) groups is 2. The Kier molecular flexibility index (Phi) is 5.87. The highest BCUT2D eigenvalue weighted by atomic mass is 16.7. The second kappa shape index (κ2) is 8.08. The maximum Gasteiger partial charge on any atom is 0.494 e. The van der Waals surface area contributed by atoms with Gasteiger partial charge in [0.1, 0.15) is 22.8 Å². The van der Waals surface area contributed by atoms with Crippen molar-refractivity contribution in [3.05, 3.63) is 47.8 Å². The number of hydrogen-bond donors (Lipinski definition) is 1. The van der Waals surface area contributed by atoms with Gasteiger partial charge in [-0.3, -0.25) is 4.79 Å². The van der Waals surface area contributed by atoms with E-state index in [1.807, 2.05) is 27.7 Å². The second-order valence-electron chi connectivity index (χ2n) is 7.90. The van der Waals surface area contributed by atoms with Crippen LogP contribution in [0.2, 0.25) is 0 Å². The zero-order chi connectivity index (χ0) is 22.1. The molecule has 1 fully saturated rings. The quantitative estimate of drug-likeness (QED) is 0.595. The summed E-state index contributed by atoms with van der Waals surface area (Å²) in [4.78, 5) is 27.9. The molecule has 1 amide bonds. The van der Waals surface area contributed by atoms with E-state index in [1.165, 1.54) is 26.4 Å². The van der Waals surface area contributed by atoms with Crippen molar-refractivity contribution in [2.24, 2.45) is 0 Å². The lowest BCUT2D eigenvalue weighted by Crippen LogP contribution is -2.41. The van der Waals surface area contributed by atoms with Crippen LogP contribution in [0, 0.1) is 0 Å². The Morgan fingerprint density at radius 2 is 1.73 bits per heavy atom. The molecule has 0 saturated carbocycles. The van der Waals surface area contributed by atoms with E-state index in [1.54, 1.807) is 24.3 Å². The molecule has 8 nitrogen and oxygen atoms in total. The molecule has 2 aromatic rings. The van der Waals surface area contributed by atoms with E-state index in [2.05, 4.69) is 10.3 Å². The first-order valence-corrected chi connectivity index (χ1v) is 9.52. The molecular formula is C21H25BN2O6. The summed E-state index contributed by atoms with van der Waals surface area (Å²) in [6, 6.07) is 8.16. The minimum Gasteiger partial charge on any atom is -0.465 e. The van der Waals surface area contributed by atoms with Gasteiger partial charge < -0.3 is 24.1 Å². The molecule has 1 aliphatic heterocycles. The van der Waals surface area contributed by atoms with E-state index in [0.717, 1.165) is 0 Å². The van der Waals surface area contributed by atoms with Gasteiger partial charge in [-0.1, -0.05) is 6.07 Å². The van der Waals surface area contributed by atoms with Crippen LogP contribution < -0.4 is 15.5 Å². The van der Waals surface area contributed by atoms with Crippen LogP contribution in [0.3, 0.4) is 0 Å². The van der Waals surface area contributed by atoms with Gasteiger partial charge in [0.05, 0.1) is 24.5 Å². The van der Waals surface area contributed by atoms with Crippen molar-refractivity contribution in [2.45, 2.75) is 38.9 Å². The number of ether oxygens (including phenoxy) is 2. The maximum atomic E-state index is 12.2. The number of benzene rings is 1. The van der Waals surface area contributed by atoms with Crippen molar-refractivity contribution in [3.63, 3.8) is 0 Å². The molecule has 30 heavy (non-hydrogen) atoms. The SMILES string of the molecule is CNC(=O)c1ccc(Oc2cc(B3OC(C)(C)C(C)(C)O3)ccc2C(=O)OC)cn1. The number of hydrogen-bond acceptors (Lipinski definition) is 7. The number of methoxy groups -OCH3 is 1. The largest absolute Gasteiger partial charge is 0.494 e. The first kappa shape index (κ1) is 21.8. The fraction of sp³-hybridized carbons (Fsp3) is 0.381. The van der Waals surface area contributed by atoms with E-state index in [9.17, 15) is 9.59 Å². The molecule has 1 aromatic carbocycles. The lowest BCUT2D eigenvalue weighted by atomic mass is 9.78. The number of nitrogens with zero attached hydrogens (tertiary/aromatic N) is 1. The van der Waals surface area contributed by atoms with Gasteiger partial charge in [-0.15, -0.1) is 0 Å². The van der Waals surface area contributed by atoms with Gasteiger partial charge in [0.25, 0.3) is 5.91 Å². The minimum atomic E-state index is -0.613. The topological polar surface area (TPSA) is 96.0 Å². The normalized spacial score (nSPS) is 16.8. The summed E-state index contributed by atoms with van der Waals surface area (Å²) in [5.41, 5.74) is 0.196. The van der Waals surface area contributed by atoms with Gasteiger partial charge in [-0.25, -0.2) is 9.78 Å². The molecule has 1 N–H and O–H groups in total. The molecule has 0 aliphatic carbocycles. The van der Waals surface area contributed by atoms with Crippen LogP contribution in [0.15, 0.2) is 36.5 Å². The number of pyridine rings is 1. The second-order valence-corrected chi connectivity index (χ2v) is 7.90. The molecule has 2 heterocycles. The van der Waals surface area contributed by atoms with E-state index >= 15 is 0 Å². The highest BCUT2D eigenvalue weighted by molar-refractivity contribution is 6.62. The monoisotopic (exact) mass is 412 g/mol. The molecule has 0 bridgehead atoms. The molecule has 0 radical (unpaired) electrons. The Labute approximate surface area is 176 Å². The Balaban J connectivity index is 1.93. The molecule has 3 rings (SSSR count). The number of rotatable bonds is 5. The van der Waals surface area contributed by atoms with Gasteiger partial charge in [-0.05, 0) is 57.4 Å². The summed E-state index contributed by atoms with van der Waals surface area (Å²) >= 11 is 0. The molecule has 0 atom stereocenters. The van der Waals surface area contributed by atoms with Crippen LogP contribution in [0.5, 0.6) is 11.5 Å². The standard InChI is InChI=1S/C21H25BN2O6/c1-20(2)21(3,4)30-22(29-20)13-7-9-15(19(26)27-6)17(11-13)28-14-8-10-16(24-12-14)18(25)23-5/h7-12H,1-6H3,(H,23,25). The number of amides is 1. The predicted octanol–water partition coefficient (Wildman–Crippen LogP) is 2.32. The van der Waals surface area contributed by atoms with Gasteiger partial charge in [-0.2, -0.15) is 0 Å².